The van der Waals surface area contributed by atoms with Gasteiger partial charge in [-0.15, -0.1) is 0 Å². The number of carbonyl (C=O) groups excluding carboxylic acids is 2. The van der Waals surface area contributed by atoms with Gasteiger partial charge in [-0.3, -0.25) is 24.5 Å². The van der Waals surface area contributed by atoms with Gasteiger partial charge in [0.25, 0.3) is 5.91 Å². The van der Waals surface area contributed by atoms with E-state index in [0.29, 0.717) is 41.3 Å². The summed E-state index contributed by atoms with van der Waals surface area (Å²) >= 11 is 0. The predicted molar refractivity (Wildman–Crippen MR) is 139 cm³/mol. The number of ketones is 1. The molecule has 1 aliphatic heterocycles. The Kier molecular flexibility index (Phi) is 8.26. The fraction of sp³-hybridized carbons (Fsp3) is 0.276. The molecule has 38 heavy (non-hydrogen) atoms. The Morgan fingerprint density at radius 1 is 0.974 bits per heavy atom. The summed E-state index contributed by atoms with van der Waals surface area (Å²) in [5.41, 5.74) is 0.944. The zero-order chi connectivity index (χ0) is 27.1. The highest BCUT2D eigenvalue weighted by Crippen LogP contribution is 2.45. The van der Waals surface area contributed by atoms with Crippen LogP contribution in [0.15, 0.2) is 85.2 Å². The van der Waals surface area contributed by atoms with Crippen LogP contribution in [0, 0.1) is 11.3 Å². The fourth-order valence-electron chi connectivity index (χ4n) is 4.72. The first-order valence-corrected chi connectivity index (χ1v) is 12.3. The van der Waals surface area contributed by atoms with E-state index in [1.807, 2.05) is 13.8 Å². The molecule has 9 nitrogen and oxygen atoms in total. The van der Waals surface area contributed by atoms with E-state index in [4.69, 9.17) is 14.7 Å². The van der Waals surface area contributed by atoms with Crippen LogP contribution in [-0.2, 0) is 19.8 Å². The van der Waals surface area contributed by atoms with Crippen LogP contribution in [0.4, 0.5) is 0 Å². The van der Waals surface area contributed by atoms with Crippen LogP contribution in [0.2, 0.25) is 0 Å². The van der Waals surface area contributed by atoms with Crippen molar-refractivity contribution in [3.8, 4) is 6.07 Å². The molecule has 0 spiro atoms. The molecule has 1 aromatic carbocycles. The average Bonchev–Trinajstić information content (AvgIpc) is 3.15. The second kappa shape index (κ2) is 11.8. The number of carbonyl (C=O) groups is 2. The second-order valence-electron chi connectivity index (χ2n) is 8.55. The number of hydrogen-bond acceptors (Lipinski definition) is 8. The van der Waals surface area contributed by atoms with Crippen LogP contribution in [0.3, 0.4) is 0 Å². The molecule has 0 atom stereocenters. The molecule has 0 saturated carbocycles. The van der Waals surface area contributed by atoms with E-state index in [1.165, 1.54) is 6.08 Å². The van der Waals surface area contributed by atoms with Crippen molar-refractivity contribution in [2.45, 2.75) is 25.7 Å². The fourth-order valence-corrected chi connectivity index (χ4v) is 4.72. The van der Waals surface area contributed by atoms with Gasteiger partial charge in [0, 0.05) is 56.7 Å². The van der Waals surface area contributed by atoms with Crippen molar-refractivity contribution in [1.29, 1.82) is 5.26 Å². The maximum atomic E-state index is 14.5. The number of amides is 1. The molecular formula is C29H29N5O4. The normalized spacial score (nSPS) is 15.8. The largest absolute Gasteiger partial charge is 0.351 e. The lowest BCUT2D eigenvalue weighted by Gasteiger charge is -2.35. The summed E-state index contributed by atoms with van der Waals surface area (Å²) in [5, 5.41) is 9.11. The quantitative estimate of drug-likeness (QED) is 0.231. The van der Waals surface area contributed by atoms with Crippen LogP contribution in [0.5, 0.6) is 0 Å². The van der Waals surface area contributed by atoms with Crippen molar-refractivity contribution >= 4 is 11.7 Å². The zero-order valence-corrected chi connectivity index (χ0v) is 21.6. The van der Waals surface area contributed by atoms with Gasteiger partial charge in [-0.2, -0.15) is 5.26 Å². The molecule has 2 aromatic heterocycles. The number of nitrogens with zero attached hydrogens (tertiary/aromatic N) is 5. The van der Waals surface area contributed by atoms with E-state index >= 15 is 0 Å². The summed E-state index contributed by atoms with van der Waals surface area (Å²) in [4.78, 5) is 39.6. The summed E-state index contributed by atoms with van der Waals surface area (Å²) in [5.74, 6) is -0.179. The third-order valence-corrected chi connectivity index (χ3v) is 6.47. The molecule has 0 N–H and O–H groups in total. The molecule has 1 fully saturated rings. The minimum atomic E-state index is -1.29. The monoisotopic (exact) mass is 511 g/mol. The Balaban J connectivity index is 1.89. The zero-order valence-electron chi connectivity index (χ0n) is 21.6. The van der Waals surface area contributed by atoms with E-state index in [2.05, 4.69) is 16.0 Å². The standard InChI is InChI=1S/C29H29N5O4/c1-4-37-27(38-5-2)20-34-26(18-25(35)22-8-6-21(19-30)7-9-22)33(3)29(28(34)36,23-10-14-31-15-11-23)24-12-16-32-17-13-24/h6-18,27H,4-5,20H2,1-3H3. The third kappa shape index (κ3) is 4.92. The molecule has 0 bridgehead atoms. The first-order chi connectivity index (χ1) is 18.5. The van der Waals surface area contributed by atoms with Crippen LogP contribution in [0.1, 0.15) is 40.9 Å². The first kappa shape index (κ1) is 26.7. The molecule has 0 unspecified atom stereocenters. The molecule has 1 aliphatic rings. The predicted octanol–water partition coefficient (Wildman–Crippen LogP) is 3.49. The molecule has 0 aliphatic carbocycles. The Bertz CT molecular complexity index is 1290. The lowest BCUT2D eigenvalue weighted by Crippen LogP contribution is -2.46. The number of likely N-dealkylation sites (N-methyl/N-ethyl adjacent to an activating group) is 1. The maximum absolute atomic E-state index is 14.5. The van der Waals surface area contributed by atoms with Crippen LogP contribution in [-0.4, -0.2) is 64.6 Å². The molecule has 4 rings (SSSR count). The molecule has 194 valence electrons. The van der Waals surface area contributed by atoms with Crippen molar-refractivity contribution in [3.05, 3.63) is 107 Å². The highest BCUT2D eigenvalue weighted by atomic mass is 16.7. The molecule has 1 amide bonds. The molecule has 3 heterocycles. The average molecular weight is 512 g/mol. The van der Waals surface area contributed by atoms with Crippen molar-refractivity contribution in [2.24, 2.45) is 0 Å². The number of benzene rings is 1. The van der Waals surface area contributed by atoms with Gasteiger partial charge in [0.15, 0.2) is 17.6 Å². The maximum Gasteiger partial charge on any atom is 0.263 e. The second-order valence-corrected chi connectivity index (χ2v) is 8.55. The van der Waals surface area contributed by atoms with Crippen LogP contribution >= 0.6 is 0 Å². The Morgan fingerprint density at radius 3 is 1.97 bits per heavy atom. The van der Waals surface area contributed by atoms with Crippen LogP contribution < -0.4 is 0 Å². The number of rotatable bonds is 10. The summed E-state index contributed by atoms with van der Waals surface area (Å²) in [6.07, 6.45) is 7.29. The van der Waals surface area contributed by atoms with Crippen molar-refractivity contribution < 1.29 is 19.1 Å². The lowest BCUT2D eigenvalue weighted by atomic mass is 9.82. The molecule has 0 radical (unpaired) electrons. The topological polar surface area (TPSA) is 109 Å². The highest BCUT2D eigenvalue weighted by Gasteiger charge is 2.56. The molecular weight excluding hydrogens is 482 g/mol. The van der Waals surface area contributed by atoms with Gasteiger partial charge in [0.05, 0.1) is 18.2 Å². The minimum absolute atomic E-state index is 0.0786. The lowest BCUT2D eigenvalue weighted by molar-refractivity contribution is -0.154. The smallest absolute Gasteiger partial charge is 0.263 e. The number of allylic oxidation sites excluding steroid dienone is 1. The van der Waals surface area contributed by atoms with Gasteiger partial charge < -0.3 is 14.4 Å². The Labute approximate surface area is 221 Å². The van der Waals surface area contributed by atoms with E-state index < -0.39 is 11.8 Å². The van der Waals surface area contributed by atoms with E-state index in [1.54, 1.807) is 90.2 Å². The summed E-state index contributed by atoms with van der Waals surface area (Å²) in [6, 6.07) is 15.6. The van der Waals surface area contributed by atoms with Crippen LogP contribution in [0.25, 0.3) is 0 Å². The van der Waals surface area contributed by atoms with E-state index in [0.717, 1.165) is 0 Å². The van der Waals surface area contributed by atoms with E-state index in [-0.39, 0.29) is 18.2 Å². The summed E-state index contributed by atoms with van der Waals surface area (Å²) < 4.78 is 11.5. The van der Waals surface area contributed by atoms with E-state index in [9.17, 15) is 9.59 Å². The molecule has 9 heteroatoms. The van der Waals surface area contributed by atoms with Crippen molar-refractivity contribution in [1.82, 2.24) is 19.8 Å². The molecule has 3 aromatic rings. The van der Waals surface area contributed by atoms with Gasteiger partial charge in [0.1, 0.15) is 5.82 Å². The van der Waals surface area contributed by atoms with Gasteiger partial charge in [-0.05, 0) is 73.5 Å². The molecule has 1 saturated heterocycles. The van der Waals surface area contributed by atoms with Gasteiger partial charge in [-0.1, -0.05) is 0 Å². The first-order valence-electron chi connectivity index (χ1n) is 12.3. The summed E-state index contributed by atoms with van der Waals surface area (Å²) in [7, 11) is 1.78. The number of pyridine rings is 2. The minimum Gasteiger partial charge on any atom is -0.351 e. The number of nitriles is 1. The van der Waals surface area contributed by atoms with Crippen molar-refractivity contribution in [3.63, 3.8) is 0 Å². The van der Waals surface area contributed by atoms with Crippen molar-refractivity contribution in [2.75, 3.05) is 26.8 Å². The Hall–Kier alpha value is -4.39. The third-order valence-electron chi connectivity index (χ3n) is 6.47. The number of hydrogen-bond donors (Lipinski definition) is 0. The highest BCUT2D eigenvalue weighted by molar-refractivity contribution is 6.06. The van der Waals surface area contributed by atoms with Gasteiger partial charge >= 0.3 is 0 Å². The summed E-state index contributed by atoms with van der Waals surface area (Å²) in [6.45, 7) is 4.58. The van der Waals surface area contributed by atoms with Gasteiger partial charge in [0.2, 0.25) is 0 Å². The Morgan fingerprint density at radius 2 is 1.50 bits per heavy atom. The number of ether oxygens (including phenoxy) is 2. The van der Waals surface area contributed by atoms with Gasteiger partial charge in [-0.25, -0.2) is 0 Å². The SMILES string of the molecule is CCOC(CN1C(=O)C(c2ccncc2)(c2ccncc2)N(C)C1=CC(=O)c1ccc(C#N)cc1)OCC. The number of aromatic nitrogens is 2.